The summed E-state index contributed by atoms with van der Waals surface area (Å²) in [6.07, 6.45) is 4.50. The Morgan fingerprint density at radius 2 is 2.00 bits per heavy atom. The first-order valence-corrected chi connectivity index (χ1v) is 6.16. The Kier molecular flexibility index (Phi) is 3.76. The van der Waals surface area contributed by atoms with Gasteiger partial charge in [0.05, 0.1) is 6.54 Å². The SMILES string of the molecule is CN1CCC(CN2CCCC(=O)C2)CC1. The van der Waals surface area contributed by atoms with E-state index in [4.69, 9.17) is 0 Å². The average Bonchev–Trinajstić information content (AvgIpc) is 2.22. The largest absolute Gasteiger partial charge is 0.306 e. The molecule has 0 aromatic heterocycles. The molecule has 0 saturated carbocycles. The molecule has 0 unspecified atom stereocenters. The smallest absolute Gasteiger partial charge is 0.146 e. The summed E-state index contributed by atoms with van der Waals surface area (Å²) in [5.41, 5.74) is 0. The van der Waals surface area contributed by atoms with Gasteiger partial charge in [0.2, 0.25) is 0 Å². The molecule has 0 aromatic rings. The maximum Gasteiger partial charge on any atom is 0.146 e. The third-order valence-electron chi connectivity index (χ3n) is 3.68. The molecule has 0 N–H and O–H groups in total. The number of carbonyl (C=O) groups is 1. The molecule has 0 atom stereocenters. The minimum absolute atomic E-state index is 0.439. The fourth-order valence-electron chi connectivity index (χ4n) is 2.67. The molecular formula is C12H22N2O. The number of ketones is 1. The van der Waals surface area contributed by atoms with Gasteiger partial charge in [-0.25, -0.2) is 0 Å². The summed E-state index contributed by atoms with van der Waals surface area (Å²) in [7, 11) is 2.20. The second-order valence-corrected chi connectivity index (χ2v) is 5.12. The summed E-state index contributed by atoms with van der Waals surface area (Å²) in [5, 5.41) is 0. The van der Waals surface area contributed by atoms with Gasteiger partial charge in [0.1, 0.15) is 5.78 Å². The molecule has 2 rings (SSSR count). The van der Waals surface area contributed by atoms with Crippen molar-refractivity contribution < 1.29 is 4.79 Å². The molecule has 3 heteroatoms. The van der Waals surface area contributed by atoms with E-state index in [1.165, 1.54) is 25.9 Å². The molecule has 0 spiro atoms. The Bertz CT molecular complexity index is 222. The zero-order valence-corrected chi connectivity index (χ0v) is 9.74. The minimum atomic E-state index is 0.439. The fraction of sp³-hybridized carbons (Fsp3) is 0.917. The number of piperidine rings is 2. The lowest BCUT2D eigenvalue weighted by atomic mass is 9.95. The Morgan fingerprint density at radius 3 is 2.67 bits per heavy atom. The van der Waals surface area contributed by atoms with E-state index in [-0.39, 0.29) is 0 Å². The first kappa shape index (κ1) is 11.1. The van der Waals surface area contributed by atoms with Crippen LogP contribution in [-0.4, -0.2) is 55.4 Å². The average molecular weight is 210 g/mol. The van der Waals surface area contributed by atoms with Crippen LogP contribution in [0.25, 0.3) is 0 Å². The highest BCUT2D eigenvalue weighted by Crippen LogP contribution is 2.18. The molecule has 3 nitrogen and oxygen atoms in total. The van der Waals surface area contributed by atoms with Crippen LogP contribution in [0.3, 0.4) is 0 Å². The van der Waals surface area contributed by atoms with Gasteiger partial charge in [0.25, 0.3) is 0 Å². The molecule has 2 aliphatic rings. The summed E-state index contributed by atoms with van der Waals surface area (Å²) >= 11 is 0. The summed E-state index contributed by atoms with van der Waals surface area (Å²) < 4.78 is 0. The van der Waals surface area contributed by atoms with E-state index in [0.29, 0.717) is 12.3 Å². The molecule has 86 valence electrons. The fourth-order valence-corrected chi connectivity index (χ4v) is 2.67. The van der Waals surface area contributed by atoms with Gasteiger partial charge in [-0.2, -0.15) is 0 Å². The second kappa shape index (κ2) is 5.08. The van der Waals surface area contributed by atoms with Crippen molar-refractivity contribution in [2.45, 2.75) is 25.7 Å². The Balaban J connectivity index is 1.74. The molecule has 15 heavy (non-hydrogen) atoms. The van der Waals surface area contributed by atoms with Crippen molar-refractivity contribution in [3.63, 3.8) is 0 Å². The van der Waals surface area contributed by atoms with Gasteiger partial charge >= 0.3 is 0 Å². The molecule has 2 fully saturated rings. The number of likely N-dealkylation sites (tertiary alicyclic amines) is 2. The van der Waals surface area contributed by atoms with Crippen LogP contribution in [0.15, 0.2) is 0 Å². The Hall–Kier alpha value is -0.410. The quantitative estimate of drug-likeness (QED) is 0.679. The van der Waals surface area contributed by atoms with E-state index in [2.05, 4.69) is 16.8 Å². The van der Waals surface area contributed by atoms with Gasteiger partial charge in [-0.15, -0.1) is 0 Å². The van der Waals surface area contributed by atoms with Crippen molar-refractivity contribution in [3.05, 3.63) is 0 Å². The number of carbonyl (C=O) groups excluding carboxylic acids is 1. The Morgan fingerprint density at radius 1 is 1.27 bits per heavy atom. The molecule has 2 saturated heterocycles. The van der Waals surface area contributed by atoms with Gasteiger partial charge in [-0.05, 0) is 51.9 Å². The van der Waals surface area contributed by atoms with E-state index in [1.54, 1.807) is 0 Å². The van der Waals surface area contributed by atoms with E-state index in [9.17, 15) is 4.79 Å². The van der Waals surface area contributed by atoms with Crippen LogP contribution in [0.2, 0.25) is 0 Å². The van der Waals surface area contributed by atoms with Crippen LogP contribution in [0, 0.1) is 5.92 Å². The van der Waals surface area contributed by atoms with E-state index >= 15 is 0 Å². The molecule has 0 amide bonds. The molecule has 0 aromatic carbocycles. The van der Waals surface area contributed by atoms with Crippen molar-refractivity contribution >= 4 is 5.78 Å². The van der Waals surface area contributed by atoms with Gasteiger partial charge in [-0.3, -0.25) is 9.69 Å². The van der Waals surface area contributed by atoms with Crippen LogP contribution in [0.5, 0.6) is 0 Å². The van der Waals surface area contributed by atoms with Crippen molar-refractivity contribution in [1.29, 1.82) is 0 Å². The molecule has 0 bridgehead atoms. The lowest BCUT2D eigenvalue weighted by Gasteiger charge is -2.34. The van der Waals surface area contributed by atoms with Gasteiger partial charge < -0.3 is 4.90 Å². The van der Waals surface area contributed by atoms with E-state index in [1.807, 2.05) is 0 Å². The highest BCUT2D eigenvalue weighted by atomic mass is 16.1. The summed E-state index contributed by atoms with van der Waals surface area (Å²) in [4.78, 5) is 16.1. The third kappa shape index (κ3) is 3.28. The maximum absolute atomic E-state index is 11.3. The van der Waals surface area contributed by atoms with Crippen LogP contribution in [0.1, 0.15) is 25.7 Å². The van der Waals surface area contributed by atoms with E-state index < -0.39 is 0 Å². The van der Waals surface area contributed by atoms with Crippen molar-refractivity contribution in [1.82, 2.24) is 9.80 Å². The third-order valence-corrected chi connectivity index (χ3v) is 3.68. The Labute approximate surface area is 92.4 Å². The van der Waals surface area contributed by atoms with Crippen molar-refractivity contribution in [2.24, 2.45) is 5.92 Å². The highest BCUT2D eigenvalue weighted by Gasteiger charge is 2.22. The van der Waals surface area contributed by atoms with Crippen LogP contribution in [0.4, 0.5) is 0 Å². The van der Waals surface area contributed by atoms with Gasteiger partial charge in [0, 0.05) is 13.0 Å². The number of nitrogens with zero attached hydrogens (tertiary/aromatic N) is 2. The van der Waals surface area contributed by atoms with E-state index in [0.717, 1.165) is 31.8 Å². The molecule has 0 aliphatic carbocycles. The predicted octanol–water partition coefficient (Wildman–Crippen LogP) is 0.993. The number of hydrogen-bond donors (Lipinski definition) is 0. The number of rotatable bonds is 2. The summed E-state index contributed by atoms with van der Waals surface area (Å²) in [5.74, 6) is 1.27. The predicted molar refractivity (Wildman–Crippen MR) is 60.9 cm³/mol. The summed E-state index contributed by atoms with van der Waals surface area (Å²) in [6.45, 7) is 5.46. The second-order valence-electron chi connectivity index (χ2n) is 5.12. The number of Topliss-reactive ketones (excluding diaryl/α,β-unsaturated/α-hetero) is 1. The first-order valence-electron chi connectivity index (χ1n) is 6.16. The topological polar surface area (TPSA) is 23.6 Å². The van der Waals surface area contributed by atoms with Crippen LogP contribution >= 0.6 is 0 Å². The van der Waals surface area contributed by atoms with Crippen LogP contribution < -0.4 is 0 Å². The lowest BCUT2D eigenvalue weighted by Crippen LogP contribution is -2.41. The molecule has 0 radical (unpaired) electrons. The number of hydrogen-bond acceptors (Lipinski definition) is 3. The maximum atomic E-state index is 11.3. The van der Waals surface area contributed by atoms with Gasteiger partial charge in [-0.1, -0.05) is 0 Å². The minimum Gasteiger partial charge on any atom is -0.306 e. The molecular weight excluding hydrogens is 188 g/mol. The van der Waals surface area contributed by atoms with Crippen LogP contribution in [-0.2, 0) is 4.79 Å². The lowest BCUT2D eigenvalue weighted by molar-refractivity contribution is -0.122. The van der Waals surface area contributed by atoms with Crippen molar-refractivity contribution in [3.8, 4) is 0 Å². The molecule has 2 heterocycles. The van der Waals surface area contributed by atoms with Crippen molar-refractivity contribution in [2.75, 3.05) is 39.8 Å². The zero-order chi connectivity index (χ0) is 10.7. The normalized spacial score (nSPS) is 27.1. The first-order chi connectivity index (χ1) is 7.24. The molecule has 2 aliphatic heterocycles. The monoisotopic (exact) mass is 210 g/mol. The van der Waals surface area contributed by atoms with Gasteiger partial charge in [0.15, 0.2) is 0 Å². The zero-order valence-electron chi connectivity index (χ0n) is 9.74. The highest BCUT2D eigenvalue weighted by molar-refractivity contribution is 5.81. The standard InChI is InChI=1S/C12H22N2O/c1-13-7-4-11(5-8-13)9-14-6-2-3-12(15)10-14/h11H,2-10H2,1H3. The summed E-state index contributed by atoms with van der Waals surface area (Å²) in [6, 6.07) is 0.